The van der Waals surface area contributed by atoms with Gasteiger partial charge in [-0.1, -0.05) is 36.4 Å². The van der Waals surface area contributed by atoms with Gasteiger partial charge in [-0.25, -0.2) is 4.39 Å². The Labute approximate surface area is 154 Å². The Balaban J connectivity index is 1.56. The molecular weight excluding hydrogens is 355 g/mol. The lowest BCUT2D eigenvalue weighted by molar-refractivity contribution is -0.125. The normalized spacial score (nSPS) is 22.5. The number of nitrogens with one attached hydrogen (secondary N) is 3. The Morgan fingerprint density at radius 2 is 1.85 bits per heavy atom. The lowest BCUT2D eigenvalue weighted by Gasteiger charge is -2.35. The number of thioether (sulfide) groups is 1. The molecule has 2 aromatic carbocycles. The van der Waals surface area contributed by atoms with E-state index in [9.17, 15) is 14.0 Å². The molecule has 3 unspecified atom stereocenters. The zero-order chi connectivity index (χ0) is 18.5. The molecule has 1 aliphatic heterocycles. The first-order chi connectivity index (χ1) is 12.5. The second-order valence-electron chi connectivity index (χ2n) is 5.80. The molecule has 136 valence electrons. The Morgan fingerprint density at radius 1 is 1.15 bits per heavy atom. The van der Waals surface area contributed by atoms with Gasteiger partial charge in [0.1, 0.15) is 17.4 Å². The zero-order valence-electron chi connectivity index (χ0n) is 13.8. The van der Waals surface area contributed by atoms with Crippen LogP contribution in [-0.4, -0.2) is 29.5 Å². The molecule has 0 saturated carbocycles. The smallest absolute Gasteiger partial charge is 0.252 e. The number of rotatable bonds is 5. The minimum atomic E-state index is -0.895. The van der Waals surface area contributed by atoms with E-state index >= 15 is 0 Å². The first-order valence-corrected chi connectivity index (χ1v) is 9.12. The summed E-state index contributed by atoms with van der Waals surface area (Å²) >= 11 is 1.31. The van der Waals surface area contributed by atoms with Crippen LogP contribution in [0.15, 0.2) is 54.6 Å². The van der Waals surface area contributed by atoms with Gasteiger partial charge in [-0.3, -0.25) is 14.9 Å². The average Bonchev–Trinajstić information content (AvgIpc) is 2.64. The molecule has 8 heteroatoms. The predicted octanol–water partition coefficient (Wildman–Crippen LogP) is 1.15. The van der Waals surface area contributed by atoms with Crippen molar-refractivity contribution in [3.8, 4) is 0 Å². The van der Waals surface area contributed by atoms with Crippen LogP contribution < -0.4 is 21.7 Å². The quantitative estimate of drug-likeness (QED) is 0.630. The van der Waals surface area contributed by atoms with E-state index in [2.05, 4.69) is 16.0 Å². The molecular formula is C18H19FN4O2S. The molecule has 0 spiro atoms. The van der Waals surface area contributed by atoms with E-state index in [0.29, 0.717) is 16.9 Å². The number of carbonyl (C=O) groups excluding carboxylic acids is 2. The van der Waals surface area contributed by atoms with Gasteiger partial charge in [0.15, 0.2) is 0 Å². The summed E-state index contributed by atoms with van der Waals surface area (Å²) in [4.78, 5) is 24.5. The highest BCUT2D eigenvalue weighted by atomic mass is 32.2. The molecule has 3 rings (SSSR count). The average molecular weight is 374 g/mol. The van der Waals surface area contributed by atoms with Crippen molar-refractivity contribution in [3.63, 3.8) is 0 Å². The van der Waals surface area contributed by atoms with Crippen LogP contribution in [-0.2, 0) is 10.5 Å². The molecule has 3 atom stereocenters. The first kappa shape index (κ1) is 18.4. The van der Waals surface area contributed by atoms with E-state index in [-0.39, 0.29) is 17.6 Å². The fourth-order valence-corrected chi connectivity index (χ4v) is 3.58. The number of carbonyl (C=O) groups is 2. The van der Waals surface area contributed by atoms with Crippen LogP contribution >= 0.6 is 11.8 Å². The number of amides is 2. The van der Waals surface area contributed by atoms with Crippen molar-refractivity contribution in [2.75, 3.05) is 0 Å². The third kappa shape index (κ3) is 4.40. The number of benzene rings is 2. The highest BCUT2D eigenvalue weighted by Gasteiger charge is 2.35. The zero-order valence-corrected chi connectivity index (χ0v) is 14.6. The molecule has 1 heterocycles. The molecule has 1 fully saturated rings. The number of hydrogen-bond donors (Lipinski definition) is 4. The van der Waals surface area contributed by atoms with Crippen LogP contribution in [0, 0.1) is 5.82 Å². The van der Waals surface area contributed by atoms with Gasteiger partial charge < -0.3 is 16.4 Å². The van der Waals surface area contributed by atoms with Crippen molar-refractivity contribution >= 4 is 23.6 Å². The summed E-state index contributed by atoms with van der Waals surface area (Å²) in [6.45, 7) is 0. The van der Waals surface area contributed by atoms with Crippen LogP contribution in [0.1, 0.15) is 15.9 Å². The Kier molecular flexibility index (Phi) is 5.87. The molecule has 1 aliphatic rings. The molecule has 1 saturated heterocycles. The van der Waals surface area contributed by atoms with Crippen molar-refractivity contribution in [3.05, 3.63) is 71.5 Å². The van der Waals surface area contributed by atoms with Gasteiger partial charge in [0, 0.05) is 11.3 Å². The van der Waals surface area contributed by atoms with E-state index in [1.54, 1.807) is 48.5 Å². The van der Waals surface area contributed by atoms with E-state index in [1.807, 2.05) is 0 Å². The summed E-state index contributed by atoms with van der Waals surface area (Å²) in [6.07, 6.45) is -0.755. The van der Waals surface area contributed by atoms with Gasteiger partial charge >= 0.3 is 0 Å². The molecule has 2 amide bonds. The second kappa shape index (κ2) is 8.31. The maximum atomic E-state index is 13.7. The van der Waals surface area contributed by atoms with Gasteiger partial charge in [0.25, 0.3) is 5.91 Å². The van der Waals surface area contributed by atoms with Crippen molar-refractivity contribution in [1.29, 1.82) is 0 Å². The van der Waals surface area contributed by atoms with Gasteiger partial charge in [-0.2, -0.15) is 0 Å². The standard InChI is InChI=1S/C18H19FN4O2S/c19-13-9-5-4-8-12(13)10-26-18-22-15(20)14(17(25)23-18)21-16(24)11-6-2-1-3-7-11/h1-9,14-15,18,22H,10,20H2,(H,21,24)(H,23,25). The molecule has 6 nitrogen and oxygen atoms in total. The third-order valence-corrected chi connectivity index (χ3v) is 5.01. The van der Waals surface area contributed by atoms with Crippen molar-refractivity contribution < 1.29 is 14.0 Å². The Bertz CT molecular complexity index is 790. The monoisotopic (exact) mass is 374 g/mol. The predicted molar refractivity (Wildman–Crippen MR) is 98.4 cm³/mol. The van der Waals surface area contributed by atoms with E-state index in [4.69, 9.17) is 5.73 Å². The van der Waals surface area contributed by atoms with Crippen molar-refractivity contribution in [2.24, 2.45) is 5.73 Å². The Morgan fingerprint density at radius 3 is 2.54 bits per heavy atom. The van der Waals surface area contributed by atoms with Crippen molar-refractivity contribution in [2.45, 2.75) is 23.5 Å². The highest BCUT2D eigenvalue weighted by molar-refractivity contribution is 7.99. The fourth-order valence-electron chi connectivity index (χ4n) is 2.54. The molecule has 26 heavy (non-hydrogen) atoms. The largest absolute Gasteiger partial charge is 0.338 e. The number of hydrogen-bond acceptors (Lipinski definition) is 5. The maximum absolute atomic E-state index is 13.7. The highest BCUT2D eigenvalue weighted by Crippen LogP contribution is 2.19. The molecule has 0 aliphatic carbocycles. The van der Waals surface area contributed by atoms with E-state index in [1.165, 1.54) is 17.8 Å². The summed E-state index contributed by atoms with van der Waals surface area (Å²) in [5, 5.41) is 8.38. The van der Waals surface area contributed by atoms with E-state index in [0.717, 1.165) is 0 Å². The number of nitrogens with two attached hydrogens (primary N) is 1. The van der Waals surface area contributed by atoms with Crippen LogP contribution in [0.2, 0.25) is 0 Å². The molecule has 0 radical (unpaired) electrons. The lowest BCUT2D eigenvalue weighted by Crippen LogP contribution is -2.70. The van der Waals surface area contributed by atoms with Crippen molar-refractivity contribution in [1.82, 2.24) is 16.0 Å². The van der Waals surface area contributed by atoms with Crippen LogP contribution in [0.5, 0.6) is 0 Å². The maximum Gasteiger partial charge on any atom is 0.252 e. The third-order valence-electron chi connectivity index (χ3n) is 3.94. The molecule has 2 aromatic rings. The summed E-state index contributed by atoms with van der Waals surface area (Å²) in [5.74, 6) is -0.676. The van der Waals surface area contributed by atoms with E-state index < -0.39 is 17.7 Å². The summed E-state index contributed by atoms with van der Waals surface area (Å²) < 4.78 is 13.7. The summed E-state index contributed by atoms with van der Waals surface area (Å²) in [6, 6.07) is 14.2. The fraction of sp³-hybridized carbons (Fsp3) is 0.222. The summed E-state index contributed by atoms with van der Waals surface area (Å²) in [5.41, 5.74) is 6.53. The first-order valence-electron chi connectivity index (χ1n) is 8.07. The Hall–Kier alpha value is -2.42. The van der Waals surface area contributed by atoms with Crippen LogP contribution in [0.4, 0.5) is 4.39 Å². The SMILES string of the molecule is NC1NC(SCc2ccccc2F)NC(=O)C1NC(=O)c1ccccc1. The lowest BCUT2D eigenvalue weighted by atomic mass is 10.1. The van der Waals surface area contributed by atoms with Gasteiger partial charge in [-0.05, 0) is 23.8 Å². The van der Waals surface area contributed by atoms with Gasteiger partial charge in [0.05, 0.1) is 6.17 Å². The molecule has 0 aromatic heterocycles. The van der Waals surface area contributed by atoms with Crippen LogP contribution in [0.3, 0.4) is 0 Å². The van der Waals surface area contributed by atoms with Gasteiger partial charge in [-0.15, -0.1) is 11.8 Å². The molecule has 5 N–H and O–H groups in total. The van der Waals surface area contributed by atoms with Gasteiger partial charge in [0.2, 0.25) is 5.91 Å². The van der Waals surface area contributed by atoms with Crippen LogP contribution in [0.25, 0.3) is 0 Å². The number of halogens is 1. The molecule has 0 bridgehead atoms. The minimum Gasteiger partial charge on any atom is -0.338 e. The summed E-state index contributed by atoms with van der Waals surface area (Å²) in [7, 11) is 0. The topological polar surface area (TPSA) is 96.2 Å². The minimum absolute atomic E-state index is 0.292. The second-order valence-corrected chi connectivity index (χ2v) is 6.89.